The largest absolute Gasteiger partial charge is 0.447 e. The Bertz CT molecular complexity index is 409. The maximum absolute atomic E-state index is 10.9. The molecule has 86 valence electrons. The Hall–Kier alpha value is -0.850. The fourth-order valence-electron chi connectivity index (χ4n) is 1.09. The summed E-state index contributed by atoms with van der Waals surface area (Å²) in [7, 11) is -3.72. The van der Waals surface area contributed by atoms with Gasteiger partial charge in [0.15, 0.2) is 0 Å². The molecule has 0 aromatic carbocycles. The molecule has 0 bridgehead atoms. The molecule has 5 nitrogen and oxygen atoms in total. The van der Waals surface area contributed by atoms with E-state index in [2.05, 4.69) is 19.2 Å². The van der Waals surface area contributed by atoms with E-state index in [0.717, 1.165) is 6.54 Å². The summed E-state index contributed by atoms with van der Waals surface area (Å²) < 4.78 is 26.8. The van der Waals surface area contributed by atoms with Gasteiger partial charge in [0.1, 0.15) is 5.76 Å². The first-order valence-corrected chi connectivity index (χ1v) is 6.26. The van der Waals surface area contributed by atoms with E-state index in [9.17, 15) is 8.42 Å². The molecule has 0 fully saturated rings. The predicted octanol–water partition coefficient (Wildman–Crippen LogP) is 0.673. The van der Waals surface area contributed by atoms with Gasteiger partial charge in [0, 0.05) is 0 Å². The van der Waals surface area contributed by atoms with Crippen LogP contribution in [0.2, 0.25) is 0 Å². The molecule has 1 aromatic rings. The predicted molar refractivity (Wildman–Crippen MR) is 56.6 cm³/mol. The van der Waals surface area contributed by atoms with Crippen LogP contribution in [0.5, 0.6) is 0 Å². The summed E-state index contributed by atoms with van der Waals surface area (Å²) in [6, 6.07) is 2.97. The molecule has 0 saturated carbocycles. The van der Waals surface area contributed by atoms with Crippen molar-refractivity contribution in [3.05, 3.63) is 17.9 Å². The molecule has 6 heteroatoms. The highest BCUT2D eigenvalue weighted by atomic mass is 32.2. The summed E-state index contributed by atoms with van der Waals surface area (Å²) >= 11 is 0. The Labute approximate surface area is 89.7 Å². The van der Waals surface area contributed by atoms with E-state index >= 15 is 0 Å². The summed E-state index contributed by atoms with van der Waals surface area (Å²) in [5.74, 6) is 1.11. The van der Waals surface area contributed by atoms with Gasteiger partial charge >= 0.3 is 0 Å². The molecule has 0 radical (unpaired) electrons. The molecule has 3 N–H and O–H groups in total. The zero-order valence-corrected chi connectivity index (χ0v) is 9.67. The third-order valence-corrected chi connectivity index (χ3v) is 2.55. The number of nitrogens with two attached hydrogens (primary N) is 1. The molecule has 0 saturated heterocycles. The van der Waals surface area contributed by atoms with Gasteiger partial charge in [-0.1, -0.05) is 13.8 Å². The Morgan fingerprint density at radius 1 is 1.47 bits per heavy atom. The fourth-order valence-corrected chi connectivity index (χ4v) is 1.57. The van der Waals surface area contributed by atoms with Crippen molar-refractivity contribution in [1.82, 2.24) is 5.32 Å². The van der Waals surface area contributed by atoms with Crippen molar-refractivity contribution in [3.8, 4) is 0 Å². The van der Waals surface area contributed by atoms with Crippen LogP contribution in [0.4, 0.5) is 0 Å². The second kappa shape index (κ2) is 4.78. The standard InChI is InChI=1S/C9H16N2O3S/c1-7(2)5-11-6-8-3-4-9(14-8)15(10,12)13/h3-4,7,11H,5-6H2,1-2H3,(H2,10,12,13). The summed E-state index contributed by atoms with van der Waals surface area (Å²) in [6.45, 7) is 5.54. The zero-order chi connectivity index (χ0) is 11.5. The van der Waals surface area contributed by atoms with Crippen molar-refractivity contribution in [2.24, 2.45) is 11.1 Å². The number of primary sulfonamides is 1. The van der Waals surface area contributed by atoms with Crippen molar-refractivity contribution in [3.63, 3.8) is 0 Å². The molecule has 0 spiro atoms. The number of nitrogens with one attached hydrogen (secondary N) is 1. The van der Waals surface area contributed by atoms with Crippen LogP contribution in [0.3, 0.4) is 0 Å². The highest BCUT2D eigenvalue weighted by molar-refractivity contribution is 7.89. The first-order chi connectivity index (χ1) is 6.89. The molecule has 0 amide bonds. The lowest BCUT2D eigenvalue weighted by Crippen LogP contribution is -2.18. The number of rotatable bonds is 5. The normalized spacial score (nSPS) is 12.3. The van der Waals surface area contributed by atoms with E-state index in [0.29, 0.717) is 18.2 Å². The lowest BCUT2D eigenvalue weighted by atomic mass is 10.2. The molecule has 0 aliphatic rings. The molecule has 1 aromatic heterocycles. The van der Waals surface area contributed by atoms with Crippen LogP contribution in [0, 0.1) is 5.92 Å². The molecule has 0 aliphatic heterocycles. The van der Waals surface area contributed by atoms with Crippen molar-refractivity contribution in [2.45, 2.75) is 25.5 Å². The van der Waals surface area contributed by atoms with Crippen molar-refractivity contribution in [2.75, 3.05) is 6.54 Å². The van der Waals surface area contributed by atoms with Crippen LogP contribution < -0.4 is 10.5 Å². The second-order valence-corrected chi connectivity index (χ2v) is 5.28. The average Bonchev–Trinajstić information content (AvgIpc) is 2.51. The molecule has 0 aliphatic carbocycles. The van der Waals surface area contributed by atoms with Crippen LogP contribution >= 0.6 is 0 Å². The number of hydrogen-bond acceptors (Lipinski definition) is 4. The number of hydrogen-bond donors (Lipinski definition) is 2. The number of furan rings is 1. The van der Waals surface area contributed by atoms with Gasteiger partial charge in [-0.15, -0.1) is 0 Å². The monoisotopic (exact) mass is 232 g/mol. The van der Waals surface area contributed by atoms with Gasteiger partial charge in [-0.05, 0) is 24.6 Å². The zero-order valence-electron chi connectivity index (χ0n) is 8.86. The maximum Gasteiger partial charge on any atom is 0.271 e. The van der Waals surface area contributed by atoms with Gasteiger partial charge in [-0.25, -0.2) is 13.6 Å². The maximum atomic E-state index is 10.9. The van der Waals surface area contributed by atoms with E-state index in [1.807, 2.05) is 0 Å². The Balaban J connectivity index is 2.54. The highest BCUT2D eigenvalue weighted by Crippen LogP contribution is 2.11. The highest BCUT2D eigenvalue weighted by Gasteiger charge is 2.12. The third kappa shape index (κ3) is 4.03. The molecular formula is C9H16N2O3S. The van der Waals surface area contributed by atoms with Crippen LogP contribution in [-0.4, -0.2) is 15.0 Å². The van der Waals surface area contributed by atoms with Gasteiger partial charge < -0.3 is 9.73 Å². The first-order valence-electron chi connectivity index (χ1n) is 4.72. The molecule has 15 heavy (non-hydrogen) atoms. The van der Waals surface area contributed by atoms with Gasteiger partial charge in [-0.3, -0.25) is 0 Å². The van der Waals surface area contributed by atoms with E-state index in [1.165, 1.54) is 6.07 Å². The Morgan fingerprint density at radius 2 is 2.13 bits per heavy atom. The Morgan fingerprint density at radius 3 is 2.60 bits per heavy atom. The van der Waals surface area contributed by atoms with E-state index in [4.69, 9.17) is 9.56 Å². The lowest BCUT2D eigenvalue weighted by Gasteiger charge is -2.04. The van der Waals surface area contributed by atoms with E-state index in [1.54, 1.807) is 6.07 Å². The SMILES string of the molecule is CC(C)CNCc1ccc(S(N)(=O)=O)o1. The molecule has 0 unspecified atom stereocenters. The van der Waals surface area contributed by atoms with Crippen molar-refractivity contribution < 1.29 is 12.8 Å². The number of sulfonamides is 1. The van der Waals surface area contributed by atoms with Crippen molar-refractivity contribution >= 4 is 10.0 Å². The average molecular weight is 232 g/mol. The van der Waals surface area contributed by atoms with Gasteiger partial charge in [0.05, 0.1) is 6.54 Å². The minimum atomic E-state index is -3.72. The summed E-state index contributed by atoms with van der Waals surface area (Å²) in [4.78, 5) is 0. The van der Waals surface area contributed by atoms with Gasteiger partial charge in [0.2, 0.25) is 5.09 Å². The molecule has 0 atom stereocenters. The topological polar surface area (TPSA) is 85.3 Å². The lowest BCUT2D eigenvalue weighted by molar-refractivity contribution is 0.397. The van der Waals surface area contributed by atoms with Crippen LogP contribution in [0.15, 0.2) is 21.6 Å². The third-order valence-electron chi connectivity index (χ3n) is 1.77. The minimum Gasteiger partial charge on any atom is -0.447 e. The summed E-state index contributed by atoms with van der Waals surface area (Å²) in [5, 5.41) is 7.85. The van der Waals surface area contributed by atoms with Gasteiger partial charge in [0.25, 0.3) is 10.0 Å². The molecule has 1 rings (SSSR count). The quantitative estimate of drug-likeness (QED) is 0.781. The smallest absolute Gasteiger partial charge is 0.271 e. The first kappa shape index (κ1) is 12.2. The van der Waals surface area contributed by atoms with Crippen molar-refractivity contribution in [1.29, 1.82) is 0 Å². The second-order valence-electron chi connectivity index (χ2n) is 3.79. The Kier molecular flexibility index (Phi) is 3.90. The van der Waals surface area contributed by atoms with Crippen LogP contribution in [0.25, 0.3) is 0 Å². The van der Waals surface area contributed by atoms with Crippen LogP contribution in [0.1, 0.15) is 19.6 Å². The molecule has 1 heterocycles. The summed E-state index contributed by atoms with van der Waals surface area (Å²) in [5.41, 5.74) is 0. The fraction of sp³-hybridized carbons (Fsp3) is 0.556. The van der Waals surface area contributed by atoms with Gasteiger partial charge in [-0.2, -0.15) is 0 Å². The molecular weight excluding hydrogens is 216 g/mol. The van der Waals surface area contributed by atoms with Crippen LogP contribution in [-0.2, 0) is 16.6 Å². The minimum absolute atomic E-state index is 0.191. The van der Waals surface area contributed by atoms with E-state index in [-0.39, 0.29) is 5.09 Å². The van der Waals surface area contributed by atoms with E-state index < -0.39 is 10.0 Å². The summed E-state index contributed by atoms with van der Waals surface area (Å²) in [6.07, 6.45) is 0.